The Labute approximate surface area is 171 Å². The highest BCUT2D eigenvalue weighted by atomic mass is 32.2. The molecule has 0 atom stereocenters. The van der Waals surface area contributed by atoms with Crippen molar-refractivity contribution in [3.63, 3.8) is 0 Å². The van der Waals surface area contributed by atoms with E-state index in [2.05, 4.69) is 16.9 Å². The minimum atomic E-state index is -3.39. The zero-order valence-corrected chi connectivity index (χ0v) is 17.6. The number of benzene rings is 1. The number of unbranched alkanes of at least 4 members (excludes halogenated alkanes) is 5. The van der Waals surface area contributed by atoms with Crippen molar-refractivity contribution in [2.24, 2.45) is 0 Å². The van der Waals surface area contributed by atoms with Crippen LogP contribution in [0.5, 0.6) is 0 Å². The van der Waals surface area contributed by atoms with Gasteiger partial charge in [0, 0.05) is 25.1 Å². The first-order valence-electron chi connectivity index (χ1n) is 10.3. The minimum absolute atomic E-state index is 0.0551. The molecular formula is C21H28FN3O3S. The SMILES string of the molecule is CCCCCCCCS(=O)(=O)N1CCc2nc(-c3ccc(F)cc3)[nH]c(=O)c2C1. The monoisotopic (exact) mass is 421 g/mol. The fourth-order valence-electron chi connectivity index (χ4n) is 3.58. The largest absolute Gasteiger partial charge is 0.306 e. The quantitative estimate of drug-likeness (QED) is 0.627. The smallest absolute Gasteiger partial charge is 0.255 e. The molecule has 158 valence electrons. The number of sulfonamides is 1. The maximum Gasteiger partial charge on any atom is 0.255 e. The van der Waals surface area contributed by atoms with Crippen LogP contribution in [-0.4, -0.2) is 35.0 Å². The molecular weight excluding hydrogens is 393 g/mol. The van der Waals surface area contributed by atoms with Crippen molar-refractivity contribution in [1.29, 1.82) is 0 Å². The topological polar surface area (TPSA) is 83.1 Å². The Morgan fingerprint density at radius 1 is 1.10 bits per heavy atom. The molecule has 0 saturated carbocycles. The van der Waals surface area contributed by atoms with E-state index >= 15 is 0 Å². The maximum absolute atomic E-state index is 13.1. The lowest BCUT2D eigenvalue weighted by molar-refractivity contribution is 0.384. The van der Waals surface area contributed by atoms with Crippen molar-refractivity contribution >= 4 is 10.0 Å². The second-order valence-electron chi connectivity index (χ2n) is 7.51. The summed E-state index contributed by atoms with van der Waals surface area (Å²) in [7, 11) is -3.39. The molecule has 1 aromatic carbocycles. The van der Waals surface area contributed by atoms with Crippen LogP contribution in [0.25, 0.3) is 11.4 Å². The standard InChI is InChI=1S/C21H28FN3O3S/c1-2-3-4-5-6-7-14-29(27,28)25-13-12-19-18(15-25)21(26)24-20(23-19)16-8-10-17(22)11-9-16/h8-11H,2-7,12-15H2,1H3,(H,23,24,26). The molecule has 8 heteroatoms. The number of hydrogen-bond donors (Lipinski definition) is 1. The molecule has 0 unspecified atom stereocenters. The van der Waals surface area contributed by atoms with E-state index < -0.39 is 10.0 Å². The van der Waals surface area contributed by atoms with E-state index in [1.165, 1.54) is 22.9 Å². The Hall–Kier alpha value is -2.06. The van der Waals surface area contributed by atoms with E-state index in [-0.39, 0.29) is 23.7 Å². The van der Waals surface area contributed by atoms with Gasteiger partial charge in [-0.2, -0.15) is 4.31 Å². The predicted molar refractivity (Wildman–Crippen MR) is 112 cm³/mol. The van der Waals surface area contributed by atoms with E-state index in [0.29, 0.717) is 42.0 Å². The fraction of sp³-hybridized carbons (Fsp3) is 0.524. The lowest BCUT2D eigenvalue weighted by Crippen LogP contribution is -2.40. The van der Waals surface area contributed by atoms with E-state index in [0.717, 1.165) is 25.7 Å². The molecule has 1 aliphatic heterocycles. The van der Waals surface area contributed by atoms with Crippen LogP contribution >= 0.6 is 0 Å². The Bertz CT molecular complexity index is 987. The third kappa shape index (κ3) is 5.51. The van der Waals surface area contributed by atoms with E-state index in [1.54, 1.807) is 12.1 Å². The van der Waals surface area contributed by atoms with E-state index in [9.17, 15) is 17.6 Å². The van der Waals surface area contributed by atoms with Crippen LogP contribution in [0.15, 0.2) is 29.1 Å². The van der Waals surface area contributed by atoms with Crippen LogP contribution in [0.3, 0.4) is 0 Å². The lowest BCUT2D eigenvalue weighted by Gasteiger charge is -2.27. The first-order valence-corrected chi connectivity index (χ1v) is 11.9. The molecule has 6 nitrogen and oxygen atoms in total. The number of H-pyrrole nitrogens is 1. The van der Waals surface area contributed by atoms with Gasteiger partial charge >= 0.3 is 0 Å². The Balaban J connectivity index is 1.67. The number of aromatic nitrogens is 2. The molecule has 0 aliphatic carbocycles. The van der Waals surface area contributed by atoms with Crippen LogP contribution in [0.2, 0.25) is 0 Å². The summed E-state index contributed by atoms with van der Waals surface area (Å²) in [5.41, 5.74) is 1.28. The number of hydrogen-bond acceptors (Lipinski definition) is 4. The highest BCUT2D eigenvalue weighted by Crippen LogP contribution is 2.21. The molecule has 29 heavy (non-hydrogen) atoms. The molecule has 0 spiro atoms. The number of halogens is 1. The molecule has 3 rings (SSSR count). The number of nitrogens with one attached hydrogen (secondary N) is 1. The van der Waals surface area contributed by atoms with Gasteiger partial charge < -0.3 is 4.98 Å². The summed E-state index contributed by atoms with van der Waals surface area (Å²) >= 11 is 0. The van der Waals surface area contributed by atoms with Crippen molar-refractivity contribution in [1.82, 2.24) is 14.3 Å². The second-order valence-corrected chi connectivity index (χ2v) is 9.60. The average Bonchev–Trinajstić information content (AvgIpc) is 2.71. The van der Waals surface area contributed by atoms with Gasteiger partial charge in [-0.1, -0.05) is 39.0 Å². The molecule has 1 N–H and O–H groups in total. The first-order chi connectivity index (χ1) is 13.9. The molecule has 2 aromatic rings. The minimum Gasteiger partial charge on any atom is -0.306 e. The highest BCUT2D eigenvalue weighted by molar-refractivity contribution is 7.89. The number of fused-ring (bicyclic) bond motifs is 1. The van der Waals surface area contributed by atoms with Gasteiger partial charge in [0.05, 0.1) is 17.0 Å². The van der Waals surface area contributed by atoms with Gasteiger partial charge in [-0.3, -0.25) is 4.79 Å². The molecule has 1 aromatic heterocycles. The summed E-state index contributed by atoms with van der Waals surface area (Å²) in [6.45, 7) is 2.53. The van der Waals surface area contributed by atoms with Crippen LogP contribution in [0.4, 0.5) is 4.39 Å². The molecule has 0 radical (unpaired) electrons. The van der Waals surface area contributed by atoms with Crippen molar-refractivity contribution in [3.8, 4) is 11.4 Å². The van der Waals surface area contributed by atoms with Crippen LogP contribution in [-0.2, 0) is 23.0 Å². The first kappa shape index (κ1) is 21.6. The summed E-state index contributed by atoms with van der Waals surface area (Å²) < 4.78 is 39.9. The maximum atomic E-state index is 13.1. The van der Waals surface area contributed by atoms with Gasteiger partial charge in [-0.25, -0.2) is 17.8 Å². The Kier molecular flexibility index (Phi) is 7.18. The van der Waals surface area contributed by atoms with Gasteiger partial charge in [0.2, 0.25) is 10.0 Å². The van der Waals surface area contributed by atoms with Crippen molar-refractivity contribution < 1.29 is 12.8 Å². The van der Waals surface area contributed by atoms with Gasteiger partial charge in [0.15, 0.2) is 0 Å². The molecule has 2 heterocycles. The van der Waals surface area contributed by atoms with E-state index in [1.807, 2.05) is 0 Å². The number of rotatable bonds is 9. The molecule has 0 fully saturated rings. The summed E-state index contributed by atoms with van der Waals surface area (Å²) in [5, 5.41) is 0. The van der Waals surface area contributed by atoms with Crippen molar-refractivity contribution in [3.05, 3.63) is 51.7 Å². The Morgan fingerprint density at radius 3 is 2.52 bits per heavy atom. The molecule has 0 saturated heterocycles. The molecule has 0 amide bonds. The Morgan fingerprint density at radius 2 is 1.79 bits per heavy atom. The lowest BCUT2D eigenvalue weighted by atomic mass is 10.1. The van der Waals surface area contributed by atoms with Gasteiger partial charge in [0.1, 0.15) is 11.6 Å². The van der Waals surface area contributed by atoms with Crippen LogP contribution in [0, 0.1) is 5.82 Å². The van der Waals surface area contributed by atoms with Gasteiger partial charge in [-0.05, 0) is 30.7 Å². The summed E-state index contributed by atoms with van der Waals surface area (Å²) in [6, 6.07) is 5.73. The van der Waals surface area contributed by atoms with Gasteiger partial charge in [-0.15, -0.1) is 0 Å². The zero-order valence-electron chi connectivity index (χ0n) is 16.8. The zero-order chi connectivity index (χ0) is 20.9. The van der Waals surface area contributed by atoms with Crippen LogP contribution < -0.4 is 5.56 Å². The summed E-state index contributed by atoms with van der Waals surface area (Å²) in [4.78, 5) is 19.8. The third-order valence-corrected chi connectivity index (χ3v) is 7.20. The predicted octanol–water partition coefficient (Wildman–Crippen LogP) is 3.62. The fourth-order valence-corrected chi connectivity index (χ4v) is 5.10. The third-order valence-electron chi connectivity index (χ3n) is 5.30. The van der Waals surface area contributed by atoms with Crippen molar-refractivity contribution in [2.45, 2.75) is 58.4 Å². The second kappa shape index (κ2) is 9.63. The van der Waals surface area contributed by atoms with E-state index in [4.69, 9.17) is 0 Å². The average molecular weight is 422 g/mol. The normalized spacial score (nSPS) is 14.7. The summed E-state index contributed by atoms with van der Waals surface area (Å²) in [5.74, 6) is 0.130. The summed E-state index contributed by atoms with van der Waals surface area (Å²) in [6.07, 6.45) is 6.50. The number of aromatic amines is 1. The van der Waals surface area contributed by atoms with Crippen LogP contribution in [0.1, 0.15) is 56.7 Å². The highest BCUT2D eigenvalue weighted by Gasteiger charge is 2.29. The van der Waals surface area contributed by atoms with Crippen molar-refractivity contribution in [2.75, 3.05) is 12.3 Å². The van der Waals surface area contributed by atoms with Gasteiger partial charge in [0.25, 0.3) is 5.56 Å². The molecule has 1 aliphatic rings. The molecule has 0 bridgehead atoms. The number of nitrogens with zero attached hydrogens (tertiary/aromatic N) is 2.